The molecule has 3 nitrogen and oxygen atoms in total. The van der Waals surface area contributed by atoms with Crippen molar-refractivity contribution in [3.05, 3.63) is 42.5 Å². The molecule has 1 aliphatic rings. The maximum absolute atomic E-state index is 12.6. The lowest BCUT2D eigenvalue weighted by atomic mass is 9.98. The number of benzene rings is 1. The molecular weight excluding hydrogens is 274 g/mol. The summed E-state index contributed by atoms with van der Waals surface area (Å²) >= 11 is 0. The van der Waals surface area contributed by atoms with Crippen molar-refractivity contribution in [2.45, 2.75) is 25.5 Å². The van der Waals surface area contributed by atoms with E-state index in [9.17, 15) is 8.78 Å². The fourth-order valence-electron chi connectivity index (χ4n) is 2.76. The normalized spacial score (nSPS) is 17.7. The van der Waals surface area contributed by atoms with Crippen LogP contribution in [-0.4, -0.2) is 37.7 Å². The third kappa shape index (κ3) is 4.51. The molecule has 1 saturated heterocycles. The average Bonchev–Trinajstić information content (AvgIpc) is 2.50. The fraction of sp³-hybridized carbons (Fsp3) is 0.500. The molecule has 0 amide bonds. The number of halogens is 2. The highest BCUT2D eigenvalue weighted by Gasteiger charge is 2.24. The van der Waals surface area contributed by atoms with Crippen molar-refractivity contribution in [2.24, 2.45) is 0 Å². The zero-order chi connectivity index (χ0) is 15.1. The Bertz CT molecular complexity index is 448. The van der Waals surface area contributed by atoms with Gasteiger partial charge in [0.25, 0.3) is 0 Å². The lowest BCUT2D eigenvalue weighted by Gasteiger charge is -2.35. The van der Waals surface area contributed by atoms with Crippen LogP contribution in [0.2, 0.25) is 0 Å². The van der Waals surface area contributed by atoms with Gasteiger partial charge in [0.2, 0.25) is 0 Å². The molecule has 0 radical (unpaired) electrons. The topological polar surface area (TPSA) is 24.5 Å². The standard InChI is InChI=1S/C16H22F2N2O/c1-2-3-7-14(20-11-9-19-10-12-20)13-6-4-5-8-15(13)21-16(17)18/h2,4-6,8,14,16,19H,1,3,7,9-12H2/t14-/m1/s1. The first-order valence-corrected chi connectivity index (χ1v) is 7.31. The number of nitrogens with one attached hydrogen (secondary N) is 1. The molecule has 2 rings (SSSR count). The van der Waals surface area contributed by atoms with Crippen molar-refractivity contribution < 1.29 is 13.5 Å². The van der Waals surface area contributed by atoms with E-state index in [0.717, 1.165) is 44.6 Å². The molecule has 1 heterocycles. The summed E-state index contributed by atoms with van der Waals surface area (Å²) in [7, 11) is 0. The number of para-hydroxylation sites is 1. The Morgan fingerprint density at radius 3 is 2.67 bits per heavy atom. The van der Waals surface area contributed by atoms with Crippen LogP contribution in [0.25, 0.3) is 0 Å². The second kappa shape index (κ2) is 8.10. The Hall–Kier alpha value is -1.46. The van der Waals surface area contributed by atoms with Crippen LogP contribution < -0.4 is 10.1 Å². The second-order valence-electron chi connectivity index (χ2n) is 5.08. The van der Waals surface area contributed by atoms with Gasteiger partial charge in [-0.3, -0.25) is 4.90 Å². The maximum Gasteiger partial charge on any atom is 0.387 e. The first-order chi connectivity index (χ1) is 10.2. The van der Waals surface area contributed by atoms with E-state index in [1.54, 1.807) is 12.1 Å². The van der Waals surface area contributed by atoms with Crippen molar-refractivity contribution in [1.82, 2.24) is 10.2 Å². The van der Waals surface area contributed by atoms with Crippen LogP contribution in [0.15, 0.2) is 36.9 Å². The molecule has 1 fully saturated rings. The van der Waals surface area contributed by atoms with Gasteiger partial charge in [0.1, 0.15) is 5.75 Å². The molecule has 0 aliphatic carbocycles. The smallest absolute Gasteiger partial charge is 0.387 e. The first-order valence-electron chi connectivity index (χ1n) is 7.31. The van der Waals surface area contributed by atoms with Crippen molar-refractivity contribution in [3.63, 3.8) is 0 Å². The number of nitrogens with zero attached hydrogens (tertiary/aromatic N) is 1. The van der Waals surface area contributed by atoms with Gasteiger partial charge >= 0.3 is 6.61 Å². The summed E-state index contributed by atoms with van der Waals surface area (Å²) in [4.78, 5) is 2.33. The number of hydrogen-bond donors (Lipinski definition) is 1. The summed E-state index contributed by atoms with van der Waals surface area (Å²) in [6.07, 6.45) is 3.57. The van der Waals surface area contributed by atoms with E-state index in [0.29, 0.717) is 0 Å². The van der Waals surface area contributed by atoms with Crippen molar-refractivity contribution >= 4 is 0 Å². The second-order valence-corrected chi connectivity index (χ2v) is 5.08. The monoisotopic (exact) mass is 296 g/mol. The zero-order valence-corrected chi connectivity index (χ0v) is 12.1. The Labute approximate surface area is 124 Å². The summed E-state index contributed by atoms with van der Waals surface area (Å²) < 4.78 is 29.9. The predicted octanol–water partition coefficient (Wildman–Crippen LogP) is 3.20. The van der Waals surface area contributed by atoms with E-state index in [2.05, 4.69) is 16.8 Å². The minimum Gasteiger partial charge on any atom is -0.434 e. The van der Waals surface area contributed by atoms with E-state index in [1.165, 1.54) is 0 Å². The molecule has 0 bridgehead atoms. The van der Waals surface area contributed by atoms with Crippen LogP contribution in [0, 0.1) is 0 Å². The van der Waals surface area contributed by atoms with Crippen molar-refractivity contribution in [1.29, 1.82) is 0 Å². The van der Waals surface area contributed by atoms with Crippen LogP contribution in [0.4, 0.5) is 8.78 Å². The number of hydrogen-bond acceptors (Lipinski definition) is 3. The van der Waals surface area contributed by atoms with Gasteiger partial charge in [0.15, 0.2) is 0 Å². The number of rotatable bonds is 7. The minimum atomic E-state index is -2.80. The molecule has 1 N–H and O–H groups in total. The summed E-state index contributed by atoms with van der Waals surface area (Å²) in [5.41, 5.74) is 0.835. The minimum absolute atomic E-state index is 0.0834. The Balaban J connectivity index is 2.24. The molecule has 1 aromatic rings. The summed E-state index contributed by atoms with van der Waals surface area (Å²) in [6.45, 7) is 4.62. The fourth-order valence-corrected chi connectivity index (χ4v) is 2.76. The molecule has 116 valence electrons. The van der Waals surface area contributed by atoms with Gasteiger partial charge in [0, 0.05) is 37.8 Å². The van der Waals surface area contributed by atoms with Crippen LogP contribution in [0.5, 0.6) is 5.75 Å². The molecular formula is C16H22F2N2O. The highest BCUT2D eigenvalue weighted by molar-refractivity contribution is 5.36. The van der Waals surface area contributed by atoms with Gasteiger partial charge in [-0.05, 0) is 18.9 Å². The largest absolute Gasteiger partial charge is 0.434 e. The molecule has 0 unspecified atom stereocenters. The van der Waals surface area contributed by atoms with E-state index in [1.807, 2.05) is 18.2 Å². The lowest BCUT2D eigenvalue weighted by molar-refractivity contribution is -0.0513. The van der Waals surface area contributed by atoms with Gasteiger partial charge in [-0.25, -0.2) is 0 Å². The Morgan fingerprint density at radius 2 is 2.00 bits per heavy atom. The van der Waals surface area contributed by atoms with Crippen LogP contribution in [0.3, 0.4) is 0 Å². The molecule has 1 atom stereocenters. The highest BCUT2D eigenvalue weighted by atomic mass is 19.3. The molecule has 5 heteroatoms. The van der Waals surface area contributed by atoms with Gasteiger partial charge < -0.3 is 10.1 Å². The predicted molar refractivity (Wildman–Crippen MR) is 79.7 cm³/mol. The van der Waals surface area contributed by atoms with E-state index < -0.39 is 6.61 Å². The molecule has 1 aliphatic heterocycles. The van der Waals surface area contributed by atoms with Crippen LogP contribution in [0.1, 0.15) is 24.4 Å². The summed E-state index contributed by atoms with van der Waals surface area (Å²) in [5, 5.41) is 3.31. The third-order valence-corrected chi connectivity index (χ3v) is 3.73. The van der Waals surface area contributed by atoms with Gasteiger partial charge in [-0.2, -0.15) is 8.78 Å². The van der Waals surface area contributed by atoms with Crippen LogP contribution >= 0.6 is 0 Å². The number of ether oxygens (including phenoxy) is 1. The van der Waals surface area contributed by atoms with Crippen LogP contribution in [-0.2, 0) is 0 Å². The number of piperazine rings is 1. The first kappa shape index (κ1) is 15.9. The molecule has 1 aromatic carbocycles. The third-order valence-electron chi connectivity index (χ3n) is 3.73. The average molecular weight is 296 g/mol. The van der Waals surface area contributed by atoms with Gasteiger partial charge in [-0.15, -0.1) is 6.58 Å². The molecule has 0 aromatic heterocycles. The Morgan fingerprint density at radius 1 is 1.29 bits per heavy atom. The van der Waals surface area contributed by atoms with E-state index in [4.69, 9.17) is 4.74 Å². The Kier molecular flexibility index (Phi) is 6.14. The van der Waals surface area contributed by atoms with Crippen molar-refractivity contribution in [2.75, 3.05) is 26.2 Å². The summed E-state index contributed by atoms with van der Waals surface area (Å²) in [5.74, 6) is 0.278. The summed E-state index contributed by atoms with van der Waals surface area (Å²) in [6, 6.07) is 7.18. The van der Waals surface area contributed by atoms with E-state index in [-0.39, 0.29) is 11.8 Å². The molecule has 21 heavy (non-hydrogen) atoms. The zero-order valence-electron chi connectivity index (χ0n) is 12.1. The number of allylic oxidation sites excluding steroid dienone is 1. The highest BCUT2D eigenvalue weighted by Crippen LogP contribution is 2.33. The quantitative estimate of drug-likeness (QED) is 0.782. The SMILES string of the molecule is C=CCC[C@H](c1ccccc1OC(F)F)N1CCNCC1. The number of alkyl halides is 2. The molecule has 0 saturated carbocycles. The van der Waals surface area contributed by atoms with Gasteiger partial charge in [0.05, 0.1) is 0 Å². The van der Waals surface area contributed by atoms with Crippen molar-refractivity contribution in [3.8, 4) is 5.75 Å². The lowest BCUT2D eigenvalue weighted by Crippen LogP contribution is -2.45. The molecule has 0 spiro atoms. The van der Waals surface area contributed by atoms with E-state index >= 15 is 0 Å². The van der Waals surface area contributed by atoms with Gasteiger partial charge in [-0.1, -0.05) is 24.3 Å². The maximum atomic E-state index is 12.6.